The van der Waals surface area contributed by atoms with Gasteiger partial charge in [-0.1, -0.05) is 0 Å². The van der Waals surface area contributed by atoms with Crippen LogP contribution in [0.25, 0.3) is 0 Å². The molecule has 1 N–H and O–H groups in total. The number of amides is 2. The molecule has 10 heteroatoms. The van der Waals surface area contributed by atoms with Crippen molar-refractivity contribution < 1.29 is 27.2 Å². The van der Waals surface area contributed by atoms with Crippen LogP contribution >= 0.6 is 0 Å². The number of nitrogens with one attached hydrogen (secondary N) is 1. The predicted molar refractivity (Wildman–Crippen MR) is 105 cm³/mol. The van der Waals surface area contributed by atoms with Crippen LogP contribution in [0.2, 0.25) is 0 Å². The highest BCUT2D eigenvalue weighted by Crippen LogP contribution is 2.35. The van der Waals surface area contributed by atoms with Crippen LogP contribution in [0.1, 0.15) is 13.8 Å². The van der Waals surface area contributed by atoms with Gasteiger partial charge >= 0.3 is 6.18 Å². The third kappa shape index (κ3) is 4.53. The Bertz CT molecular complexity index is 901. The molecule has 2 aliphatic rings. The van der Waals surface area contributed by atoms with Crippen LogP contribution < -0.4 is 10.2 Å². The van der Waals surface area contributed by atoms with Crippen molar-refractivity contribution in [3.8, 4) is 0 Å². The van der Waals surface area contributed by atoms with E-state index in [9.17, 15) is 27.2 Å². The van der Waals surface area contributed by atoms with Crippen molar-refractivity contribution >= 4 is 29.4 Å². The Balaban J connectivity index is 1.89. The minimum atomic E-state index is -4.86. The number of benzene rings is 1. The summed E-state index contributed by atoms with van der Waals surface area (Å²) in [6.45, 7) is 5.13. The van der Waals surface area contributed by atoms with E-state index < -0.39 is 35.3 Å². The van der Waals surface area contributed by atoms with Gasteiger partial charge in [0.05, 0.1) is 16.9 Å². The van der Waals surface area contributed by atoms with Gasteiger partial charge in [-0.3, -0.25) is 14.5 Å². The maximum atomic E-state index is 14.0. The summed E-state index contributed by atoms with van der Waals surface area (Å²) in [6, 6.07) is 3.99. The van der Waals surface area contributed by atoms with Crippen molar-refractivity contribution in [1.29, 1.82) is 0 Å². The smallest absolute Gasteiger partial charge is 0.367 e. The molecule has 0 spiro atoms. The number of likely N-dealkylation sites (N-methyl/N-ethyl adjacent to an activating group) is 1. The fourth-order valence-electron chi connectivity index (χ4n) is 3.64. The Morgan fingerprint density at radius 3 is 2.43 bits per heavy atom. The number of alkyl halides is 3. The Kier molecular flexibility index (Phi) is 5.98. The van der Waals surface area contributed by atoms with E-state index in [-0.39, 0.29) is 17.8 Å². The lowest BCUT2D eigenvalue weighted by Crippen LogP contribution is -2.55. The van der Waals surface area contributed by atoms with Gasteiger partial charge in [0, 0.05) is 37.5 Å². The van der Waals surface area contributed by atoms with Crippen LogP contribution in [0, 0.1) is 11.7 Å². The number of halogens is 4. The number of carbonyl (C=O) groups excluding carboxylic acids is 2. The monoisotopic (exact) mass is 426 g/mol. The highest BCUT2D eigenvalue weighted by Gasteiger charge is 2.43. The van der Waals surface area contributed by atoms with E-state index in [1.807, 2.05) is 25.8 Å². The van der Waals surface area contributed by atoms with Crippen LogP contribution in [0.5, 0.6) is 0 Å². The first-order chi connectivity index (χ1) is 14.0. The molecule has 30 heavy (non-hydrogen) atoms. The molecule has 2 aliphatic heterocycles. The molecule has 2 amide bonds. The molecule has 1 saturated heterocycles. The van der Waals surface area contributed by atoms with E-state index in [1.54, 1.807) is 0 Å². The van der Waals surface area contributed by atoms with Gasteiger partial charge < -0.3 is 10.2 Å². The second kappa shape index (κ2) is 8.17. The molecule has 3 rings (SSSR count). The largest absolute Gasteiger partial charge is 0.414 e. The number of nitrogens with zero attached hydrogens (tertiary/aromatic N) is 3. The minimum Gasteiger partial charge on any atom is -0.367 e. The quantitative estimate of drug-likeness (QED) is 0.755. The molecule has 0 aromatic heterocycles. The highest BCUT2D eigenvalue weighted by atomic mass is 19.4. The van der Waals surface area contributed by atoms with Crippen LogP contribution in [0.15, 0.2) is 34.8 Å². The van der Waals surface area contributed by atoms with Crippen molar-refractivity contribution in [2.45, 2.75) is 32.1 Å². The summed E-state index contributed by atoms with van der Waals surface area (Å²) in [6.07, 6.45) is -3.86. The summed E-state index contributed by atoms with van der Waals surface area (Å²) in [5.41, 5.74) is -0.709. The molecule has 1 unspecified atom stereocenters. The zero-order valence-corrected chi connectivity index (χ0v) is 16.7. The van der Waals surface area contributed by atoms with Crippen molar-refractivity contribution in [1.82, 2.24) is 4.90 Å². The number of rotatable bonds is 3. The van der Waals surface area contributed by atoms with Gasteiger partial charge in [-0.15, -0.1) is 0 Å². The lowest BCUT2D eigenvalue weighted by Gasteiger charge is -2.44. The van der Waals surface area contributed by atoms with Gasteiger partial charge in [0.15, 0.2) is 0 Å². The third-order valence-electron chi connectivity index (χ3n) is 5.49. The van der Waals surface area contributed by atoms with Gasteiger partial charge in [0.25, 0.3) is 5.91 Å². The van der Waals surface area contributed by atoms with Crippen molar-refractivity contribution in [2.24, 2.45) is 10.9 Å². The number of piperazine rings is 1. The van der Waals surface area contributed by atoms with Crippen LogP contribution in [-0.2, 0) is 9.59 Å². The fourth-order valence-corrected chi connectivity index (χ4v) is 3.64. The number of anilines is 2. The Morgan fingerprint density at radius 2 is 1.83 bits per heavy atom. The molecule has 2 heterocycles. The summed E-state index contributed by atoms with van der Waals surface area (Å²) in [4.78, 5) is 31.3. The van der Waals surface area contributed by atoms with Gasteiger partial charge in [0.2, 0.25) is 5.91 Å². The lowest BCUT2D eigenvalue weighted by molar-refractivity contribution is -0.124. The number of carbonyl (C=O) groups is 2. The van der Waals surface area contributed by atoms with E-state index in [0.29, 0.717) is 31.1 Å². The van der Waals surface area contributed by atoms with E-state index >= 15 is 0 Å². The molecule has 1 aromatic carbocycles. The highest BCUT2D eigenvalue weighted by molar-refractivity contribution is 6.11. The summed E-state index contributed by atoms with van der Waals surface area (Å²) in [5, 5.41) is 2.46. The summed E-state index contributed by atoms with van der Waals surface area (Å²) in [5.74, 6) is -4.37. The first-order valence-corrected chi connectivity index (χ1v) is 9.41. The maximum Gasteiger partial charge on any atom is 0.414 e. The average molecular weight is 426 g/mol. The van der Waals surface area contributed by atoms with Crippen molar-refractivity contribution in [2.75, 3.05) is 30.4 Å². The molecule has 1 aromatic rings. The second-order valence-corrected chi connectivity index (χ2v) is 7.61. The van der Waals surface area contributed by atoms with Crippen LogP contribution in [0.4, 0.5) is 28.9 Å². The van der Waals surface area contributed by atoms with Gasteiger partial charge in [-0.25, -0.2) is 9.38 Å². The first kappa shape index (κ1) is 21.9. The predicted octanol–water partition coefficient (Wildman–Crippen LogP) is 3.01. The Morgan fingerprint density at radius 1 is 1.20 bits per heavy atom. The second-order valence-electron chi connectivity index (χ2n) is 7.61. The van der Waals surface area contributed by atoms with E-state index in [4.69, 9.17) is 0 Å². The molecule has 0 radical (unpaired) electrons. The molecule has 1 fully saturated rings. The summed E-state index contributed by atoms with van der Waals surface area (Å²) in [7, 11) is 1.98. The van der Waals surface area contributed by atoms with Gasteiger partial charge in [0.1, 0.15) is 11.7 Å². The molecular weight excluding hydrogens is 404 g/mol. The third-order valence-corrected chi connectivity index (χ3v) is 5.49. The summed E-state index contributed by atoms with van der Waals surface area (Å²) >= 11 is 0. The standard InChI is InChI=1S/C20H22F4N4O2/c1-11-9-28(10-12(2)27(11)3)17-6-13(21)4-5-16(17)26-19(30)14-8-25-18(29)7-15(14)20(22,23)24/h4-8,11-12,14H,9-10H2,1-3H3,(H,26,30)/t11-,12+,14?. The molecule has 3 atom stereocenters. The molecule has 6 nitrogen and oxygen atoms in total. The van der Waals surface area contributed by atoms with Crippen molar-refractivity contribution in [3.63, 3.8) is 0 Å². The number of hydrogen-bond acceptors (Lipinski definition) is 4. The van der Waals surface area contributed by atoms with Gasteiger partial charge in [-0.05, 0) is 39.1 Å². The normalized spacial score (nSPS) is 25.3. The van der Waals surface area contributed by atoms with Crippen LogP contribution in [-0.4, -0.2) is 61.3 Å². The minimum absolute atomic E-state index is 0.150. The van der Waals surface area contributed by atoms with E-state index in [1.165, 1.54) is 12.1 Å². The molecule has 162 valence electrons. The first-order valence-electron chi connectivity index (χ1n) is 9.41. The van der Waals surface area contributed by atoms with E-state index in [0.717, 1.165) is 6.07 Å². The summed E-state index contributed by atoms with van der Waals surface area (Å²) < 4.78 is 53.8. The lowest BCUT2D eigenvalue weighted by atomic mass is 9.96. The van der Waals surface area contributed by atoms with Gasteiger partial charge in [-0.2, -0.15) is 13.2 Å². The van der Waals surface area contributed by atoms with Crippen LogP contribution in [0.3, 0.4) is 0 Å². The van der Waals surface area contributed by atoms with Crippen molar-refractivity contribution in [3.05, 3.63) is 35.7 Å². The van der Waals surface area contributed by atoms with E-state index in [2.05, 4.69) is 15.2 Å². The number of dihydropyridines is 1. The zero-order valence-electron chi connectivity index (χ0n) is 16.7. The molecule has 0 saturated carbocycles. The Hall–Kier alpha value is -2.75. The SMILES string of the molecule is C[C@@H]1CN(c2cc(F)ccc2NC(=O)C2C=NC(=O)C=C2C(F)(F)F)C[C@H](C)N1C. The zero-order chi connectivity index (χ0) is 22.2. The Labute approximate surface area is 171 Å². The maximum absolute atomic E-state index is 14.0. The molecule has 0 aliphatic carbocycles. The average Bonchev–Trinajstić information content (AvgIpc) is 2.66. The molecular formula is C20H22F4N4O2. The topological polar surface area (TPSA) is 65.0 Å². The number of hydrogen-bond donors (Lipinski definition) is 1. The fraction of sp³-hybridized carbons (Fsp3) is 0.450. The molecule has 0 bridgehead atoms. The number of aliphatic imine (C=N–C) groups is 1.